The van der Waals surface area contributed by atoms with Crippen molar-refractivity contribution in [1.29, 1.82) is 0 Å². The van der Waals surface area contributed by atoms with Crippen LogP contribution in [0.4, 0.5) is 5.69 Å². The van der Waals surface area contributed by atoms with Crippen molar-refractivity contribution in [2.75, 3.05) is 5.32 Å². The van der Waals surface area contributed by atoms with Crippen LogP contribution in [0, 0.1) is 19.3 Å². The highest BCUT2D eigenvalue weighted by Gasteiger charge is 2.56. The van der Waals surface area contributed by atoms with Crippen LogP contribution in [0.5, 0.6) is 0 Å². The zero-order valence-corrected chi connectivity index (χ0v) is 14.1. The van der Waals surface area contributed by atoms with Crippen LogP contribution in [0.1, 0.15) is 29.5 Å². The molecule has 2 N–H and O–H groups in total. The van der Waals surface area contributed by atoms with Gasteiger partial charge in [-0.25, -0.2) is 0 Å². The summed E-state index contributed by atoms with van der Waals surface area (Å²) in [7, 11) is 0. The van der Waals surface area contributed by atoms with E-state index in [2.05, 4.69) is 10.6 Å². The quantitative estimate of drug-likeness (QED) is 0.830. The molecule has 0 bridgehead atoms. The summed E-state index contributed by atoms with van der Waals surface area (Å²) >= 11 is 0. The van der Waals surface area contributed by atoms with E-state index in [1.807, 2.05) is 62.4 Å². The monoisotopic (exact) mass is 322 g/mol. The summed E-state index contributed by atoms with van der Waals surface area (Å²) in [6, 6.07) is 15.5. The molecular weight excluding hydrogens is 300 g/mol. The number of benzene rings is 2. The van der Waals surface area contributed by atoms with Crippen molar-refractivity contribution in [3.63, 3.8) is 0 Å². The number of amides is 2. The summed E-state index contributed by atoms with van der Waals surface area (Å²) in [5.74, 6) is -0.399. The predicted octanol–water partition coefficient (Wildman–Crippen LogP) is 3.34. The molecule has 0 unspecified atom stereocenters. The Balaban J connectivity index is 1.63. The third kappa shape index (κ3) is 3.32. The normalized spacial score (nSPS) is 14.8. The fourth-order valence-corrected chi connectivity index (χ4v) is 2.70. The zero-order chi connectivity index (χ0) is 17.2. The highest BCUT2D eigenvalue weighted by molar-refractivity contribution is 6.13. The highest BCUT2D eigenvalue weighted by Crippen LogP contribution is 2.47. The van der Waals surface area contributed by atoms with Crippen molar-refractivity contribution in [2.45, 2.75) is 33.2 Å². The van der Waals surface area contributed by atoms with E-state index < -0.39 is 5.41 Å². The molecule has 0 aromatic heterocycles. The van der Waals surface area contributed by atoms with E-state index in [0.717, 1.165) is 16.8 Å². The smallest absolute Gasteiger partial charge is 0.240 e. The van der Waals surface area contributed by atoms with Crippen molar-refractivity contribution >= 4 is 17.5 Å². The van der Waals surface area contributed by atoms with E-state index in [9.17, 15) is 9.59 Å². The van der Waals surface area contributed by atoms with Gasteiger partial charge in [-0.1, -0.05) is 36.4 Å². The molecule has 0 heterocycles. The summed E-state index contributed by atoms with van der Waals surface area (Å²) in [5.41, 5.74) is 3.15. The first-order valence-corrected chi connectivity index (χ1v) is 8.22. The molecule has 1 aliphatic carbocycles. The number of hydrogen-bond acceptors (Lipinski definition) is 2. The van der Waals surface area contributed by atoms with Gasteiger partial charge in [0.1, 0.15) is 5.41 Å². The van der Waals surface area contributed by atoms with E-state index in [0.29, 0.717) is 19.4 Å². The first-order chi connectivity index (χ1) is 11.5. The Morgan fingerprint density at radius 3 is 2.29 bits per heavy atom. The Hall–Kier alpha value is -2.62. The molecule has 124 valence electrons. The molecule has 0 spiro atoms. The van der Waals surface area contributed by atoms with Gasteiger partial charge in [0.25, 0.3) is 0 Å². The van der Waals surface area contributed by atoms with Gasteiger partial charge in [0.15, 0.2) is 0 Å². The molecular formula is C20H22N2O2. The van der Waals surface area contributed by atoms with Crippen molar-refractivity contribution in [3.8, 4) is 0 Å². The summed E-state index contributed by atoms with van der Waals surface area (Å²) in [6.07, 6.45) is 1.20. The highest BCUT2D eigenvalue weighted by atomic mass is 16.2. The summed E-state index contributed by atoms with van der Waals surface area (Å²) < 4.78 is 0. The third-order valence-corrected chi connectivity index (χ3v) is 4.68. The van der Waals surface area contributed by atoms with Gasteiger partial charge >= 0.3 is 0 Å². The van der Waals surface area contributed by atoms with E-state index in [-0.39, 0.29) is 11.8 Å². The minimum atomic E-state index is -0.909. The van der Waals surface area contributed by atoms with Crippen molar-refractivity contribution in [2.24, 2.45) is 5.41 Å². The van der Waals surface area contributed by atoms with Gasteiger partial charge in [-0.2, -0.15) is 0 Å². The average molecular weight is 322 g/mol. The fourth-order valence-electron chi connectivity index (χ4n) is 2.70. The van der Waals surface area contributed by atoms with Crippen LogP contribution in [-0.2, 0) is 16.1 Å². The summed E-state index contributed by atoms with van der Waals surface area (Å²) in [6.45, 7) is 4.48. The van der Waals surface area contributed by atoms with Crippen LogP contribution >= 0.6 is 0 Å². The van der Waals surface area contributed by atoms with E-state index in [1.54, 1.807) is 0 Å². The fraction of sp³-hybridized carbons (Fsp3) is 0.300. The van der Waals surface area contributed by atoms with Crippen LogP contribution in [0.25, 0.3) is 0 Å². The zero-order valence-electron chi connectivity index (χ0n) is 14.1. The molecule has 3 rings (SSSR count). The topological polar surface area (TPSA) is 58.2 Å². The van der Waals surface area contributed by atoms with Gasteiger partial charge in [0, 0.05) is 12.2 Å². The summed E-state index contributed by atoms with van der Waals surface area (Å²) in [5, 5.41) is 5.78. The molecule has 2 aromatic carbocycles. The SMILES string of the molecule is Cc1ccc(NC(=O)C2(C(=O)NCc3ccccc3)CC2)cc1C. The number of carbonyl (C=O) groups is 2. The number of carbonyl (C=O) groups excluding carboxylic acids is 2. The molecule has 0 radical (unpaired) electrons. The molecule has 4 nitrogen and oxygen atoms in total. The van der Waals surface area contributed by atoms with Gasteiger partial charge in [-0.05, 0) is 55.5 Å². The number of hydrogen-bond donors (Lipinski definition) is 2. The first-order valence-electron chi connectivity index (χ1n) is 8.22. The maximum Gasteiger partial charge on any atom is 0.240 e. The Morgan fingerprint density at radius 2 is 1.67 bits per heavy atom. The molecule has 1 saturated carbocycles. The molecule has 24 heavy (non-hydrogen) atoms. The molecule has 1 fully saturated rings. The second-order valence-electron chi connectivity index (χ2n) is 6.50. The van der Waals surface area contributed by atoms with Crippen LogP contribution in [0.3, 0.4) is 0 Å². The van der Waals surface area contributed by atoms with E-state index in [1.165, 1.54) is 5.56 Å². The molecule has 0 saturated heterocycles. The molecule has 2 amide bonds. The molecule has 0 atom stereocenters. The van der Waals surface area contributed by atoms with Crippen LogP contribution in [0.15, 0.2) is 48.5 Å². The lowest BCUT2D eigenvalue weighted by Gasteiger charge is -2.16. The standard InChI is InChI=1S/C20H22N2O2/c1-14-8-9-17(12-15(14)2)22-19(24)20(10-11-20)18(23)21-13-16-6-4-3-5-7-16/h3-9,12H,10-11,13H2,1-2H3,(H,21,23)(H,22,24). The number of rotatable bonds is 5. The third-order valence-electron chi connectivity index (χ3n) is 4.68. The van der Waals surface area contributed by atoms with Gasteiger partial charge < -0.3 is 10.6 Å². The lowest BCUT2D eigenvalue weighted by Crippen LogP contribution is -2.39. The maximum absolute atomic E-state index is 12.6. The second-order valence-corrected chi connectivity index (χ2v) is 6.50. The largest absolute Gasteiger partial charge is 0.351 e. The predicted molar refractivity (Wildman–Crippen MR) is 94.5 cm³/mol. The van der Waals surface area contributed by atoms with Gasteiger partial charge in [-0.3, -0.25) is 9.59 Å². The molecule has 1 aliphatic rings. The Morgan fingerprint density at radius 1 is 0.958 bits per heavy atom. The van der Waals surface area contributed by atoms with Gasteiger partial charge in [-0.15, -0.1) is 0 Å². The van der Waals surface area contributed by atoms with Crippen molar-refractivity contribution in [3.05, 3.63) is 65.2 Å². The van der Waals surface area contributed by atoms with Crippen LogP contribution in [-0.4, -0.2) is 11.8 Å². The number of aryl methyl sites for hydroxylation is 2. The molecule has 2 aromatic rings. The van der Waals surface area contributed by atoms with E-state index >= 15 is 0 Å². The Bertz CT molecular complexity index is 764. The van der Waals surface area contributed by atoms with Crippen molar-refractivity contribution < 1.29 is 9.59 Å². The molecule has 0 aliphatic heterocycles. The minimum Gasteiger partial charge on any atom is -0.351 e. The van der Waals surface area contributed by atoms with Crippen molar-refractivity contribution in [1.82, 2.24) is 5.32 Å². The summed E-state index contributed by atoms with van der Waals surface area (Å²) in [4.78, 5) is 25.1. The van der Waals surface area contributed by atoms with Gasteiger partial charge in [0.2, 0.25) is 11.8 Å². The Kier molecular flexibility index (Phi) is 4.38. The van der Waals surface area contributed by atoms with Crippen LogP contribution in [0.2, 0.25) is 0 Å². The maximum atomic E-state index is 12.6. The van der Waals surface area contributed by atoms with E-state index in [4.69, 9.17) is 0 Å². The number of nitrogens with one attached hydrogen (secondary N) is 2. The second kappa shape index (κ2) is 6.48. The molecule has 4 heteroatoms. The Labute approximate surface area is 142 Å². The lowest BCUT2D eigenvalue weighted by atomic mass is 10.0. The van der Waals surface area contributed by atoms with Crippen LogP contribution < -0.4 is 10.6 Å². The lowest BCUT2D eigenvalue weighted by molar-refractivity contribution is -0.134. The van der Waals surface area contributed by atoms with Gasteiger partial charge in [0.05, 0.1) is 0 Å². The minimum absolute atomic E-state index is 0.187. The first kappa shape index (κ1) is 16.2. The number of anilines is 1. The average Bonchev–Trinajstić information content (AvgIpc) is 3.39.